The van der Waals surface area contributed by atoms with Crippen molar-refractivity contribution in [3.05, 3.63) is 60.3 Å². The molecule has 11 nitrogen and oxygen atoms in total. The van der Waals surface area contributed by atoms with Crippen molar-refractivity contribution in [3.8, 4) is 11.5 Å². The second-order valence-electron chi connectivity index (χ2n) is 9.10. The van der Waals surface area contributed by atoms with Crippen LogP contribution in [0.2, 0.25) is 5.02 Å². The van der Waals surface area contributed by atoms with Gasteiger partial charge in [0.25, 0.3) is 0 Å². The Morgan fingerprint density at radius 1 is 1.12 bits per heavy atom. The molecule has 1 heterocycles. The van der Waals surface area contributed by atoms with E-state index in [1.54, 1.807) is 38.6 Å². The normalized spacial score (nSPS) is 11.2. The van der Waals surface area contributed by atoms with Gasteiger partial charge < -0.3 is 34.7 Å². The van der Waals surface area contributed by atoms with E-state index >= 15 is 0 Å². The molecule has 0 saturated heterocycles. The number of carbonyl (C=O) groups excluding carboxylic acids is 1. The summed E-state index contributed by atoms with van der Waals surface area (Å²) in [4.78, 5) is 22.9. The number of rotatable bonds is 14. The number of halogens is 1. The van der Waals surface area contributed by atoms with Gasteiger partial charge in [-0.25, -0.2) is 4.98 Å². The Bertz CT molecular complexity index is 1400. The topological polar surface area (TPSA) is 127 Å². The Morgan fingerprint density at radius 3 is 2.55 bits per heavy atom. The summed E-state index contributed by atoms with van der Waals surface area (Å²) in [6.45, 7) is 8.30. The minimum absolute atomic E-state index is 0.203. The number of anilines is 5. The number of likely N-dealkylation sites (N-methyl/N-ethyl adjacent to an activating group) is 1. The lowest BCUT2D eigenvalue weighted by Crippen LogP contribution is -2.26. The summed E-state index contributed by atoms with van der Waals surface area (Å²) in [5.74, 6) is 0.944. The first-order valence-electron chi connectivity index (χ1n) is 12.2. The zero-order chi connectivity index (χ0) is 29.3. The van der Waals surface area contributed by atoms with E-state index in [0.717, 1.165) is 6.08 Å². The third-order valence-corrected chi connectivity index (χ3v) is 7.38. The molecule has 0 bridgehead atoms. The van der Waals surface area contributed by atoms with Crippen LogP contribution in [0.5, 0.6) is 11.5 Å². The number of benzene rings is 2. The van der Waals surface area contributed by atoms with E-state index in [2.05, 4.69) is 32.5 Å². The van der Waals surface area contributed by atoms with Crippen molar-refractivity contribution in [2.75, 3.05) is 70.4 Å². The molecule has 0 saturated carbocycles. The van der Waals surface area contributed by atoms with Gasteiger partial charge in [-0.3, -0.25) is 9.69 Å². The van der Waals surface area contributed by atoms with E-state index in [9.17, 15) is 9.36 Å². The smallest absolute Gasteiger partial charge is 0.247 e. The quantitative estimate of drug-likeness (QED) is 0.136. The standard InChI is InChI=1S/C27H34ClN6O5P/c1-7-25(35)30-21-14-20(22(38-4)15-23(21)39-13-12-34(2)17-37-3)32-27-29-16-18(28)26(33-27)31-19-10-8-9-11-24(19)40(5,6)36/h7-11,14-16H,1,12-13,17H2,2-6H3,(H,30,35)(H2,29,31,32,33). The molecular formula is C27H34ClN6O5P. The minimum Gasteiger partial charge on any atom is -0.494 e. The van der Waals surface area contributed by atoms with Crippen molar-refractivity contribution in [3.63, 3.8) is 0 Å². The van der Waals surface area contributed by atoms with Crippen LogP contribution >= 0.6 is 18.7 Å². The van der Waals surface area contributed by atoms with Crippen LogP contribution in [0.15, 0.2) is 55.3 Å². The Balaban J connectivity index is 1.91. The van der Waals surface area contributed by atoms with Crippen LogP contribution in [-0.4, -0.2) is 75.3 Å². The maximum absolute atomic E-state index is 12.8. The first-order chi connectivity index (χ1) is 19.0. The summed E-state index contributed by atoms with van der Waals surface area (Å²) in [6, 6.07) is 10.6. The van der Waals surface area contributed by atoms with Gasteiger partial charge in [0.15, 0.2) is 5.82 Å². The molecule has 1 aromatic heterocycles. The minimum atomic E-state index is -2.57. The van der Waals surface area contributed by atoms with Gasteiger partial charge in [-0.15, -0.1) is 0 Å². The number of aromatic nitrogens is 2. The van der Waals surface area contributed by atoms with Crippen molar-refractivity contribution in [1.29, 1.82) is 0 Å². The molecule has 214 valence electrons. The van der Waals surface area contributed by atoms with Crippen molar-refractivity contribution in [2.24, 2.45) is 0 Å². The second-order valence-corrected chi connectivity index (χ2v) is 12.7. The van der Waals surface area contributed by atoms with Gasteiger partial charge in [-0.2, -0.15) is 4.98 Å². The number of hydrogen-bond donors (Lipinski definition) is 3. The lowest BCUT2D eigenvalue weighted by Gasteiger charge is -2.19. The number of nitrogens with one attached hydrogen (secondary N) is 3. The first-order valence-corrected chi connectivity index (χ1v) is 15.2. The molecule has 2 aromatic carbocycles. The SMILES string of the molecule is C=CC(=O)Nc1cc(Nc2ncc(Cl)c(Nc3ccccc3P(C)(C)=O)n2)c(OC)cc1OCCN(C)COC. The van der Waals surface area contributed by atoms with Gasteiger partial charge in [0.05, 0.1) is 37.1 Å². The largest absolute Gasteiger partial charge is 0.494 e. The summed E-state index contributed by atoms with van der Waals surface area (Å²) >= 11 is 6.39. The van der Waals surface area contributed by atoms with Crippen LogP contribution in [-0.2, 0) is 14.1 Å². The van der Waals surface area contributed by atoms with Crippen LogP contribution in [0.25, 0.3) is 0 Å². The number of hydrogen-bond acceptors (Lipinski definition) is 10. The highest BCUT2D eigenvalue weighted by Gasteiger charge is 2.18. The summed E-state index contributed by atoms with van der Waals surface area (Å²) in [6.07, 6.45) is 2.61. The van der Waals surface area contributed by atoms with Gasteiger partial charge in [0.1, 0.15) is 30.3 Å². The molecule has 0 spiro atoms. The molecular weight excluding hydrogens is 555 g/mol. The molecule has 3 N–H and O–H groups in total. The highest BCUT2D eigenvalue weighted by atomic mass is 35.5. The lowest BCUT2D eigenvalue weighted by molar-refractivity contribution is -0.111. The van der Waals surface area contributed by atoms with Crippen molar-refractivity contribution in [2.45, 2.75) is 0 Å². The molecule has 0 fully saturated rings. The molecule has 1 amide bonds. The van der Waals surface area contributed by atoms with Crippen molar-refractivity contribution in [1.82, 2.24) is 14.9 Å². The number of amides is 1. The van der Waals surface area contributed by atoms with Crippen molar-refractivity contribution >= 4 is 58.8 Å². The molecule has 3 rings (SSSR count). The van der Waals surface area contributed by atoms with Gasteiger partial charge in [0.2, 0.25) is 11.9 Å². The molecule has 40 heavy (non-hydrogen) atoms. The zero-order valence-electron chi connectivity index (χ0n) is 23.2. The number of para-hydroxylation sites is 1. The van der Waals surface area contributed by atoms with Crippen LogP contribution in [0.3, 0.4) is 0 Å². The average Bonchev–Trinajstić information content (AvgIpc) is 2.91. The van der Waals surface area contributed by atoms with Crippen LogP contribution < -0.4 is 30.7 Å². The molecule has 0 atom stereocenters. The van der Waals surface area contributed by atoms with Gasteiger partial charge in [-0.05, 0) is 44.7 Å². The van der Waals surface area contributed by atoms with E-state index in [4.69, 9.17) is 25.8 Å². The fourth-order valence-corrected chi connectivity index (χ4v) is 4.93. The molecule has 3 aromatic rings. The Labute approximate surface area is 239 Å². The van der Waals surface area contributed by atoms with E-state index < -0.39 is 13.0 Å². The molecule has 0 aliphatic rings. The van der Waals surface area contributed by atoms with Gasteiger partial charge in [-0.1, -0.05) is 30.3 Å². The van der Waals surface area contributed by atoms with Crippen molar-refractivity contribution < 1.29 is 23.6 Å². The number of nitrogens with zero attached hydrogens (tertiary/aromatic N) is 3. The monoisotopic (exact) mass is 588 g/mol. The lowest BCUT2D eigenvalue weighted by atomic mass is 10.2. The highest BCUT2D eigenvalue weighted by Crippen LogP contribution is 2.40. The summed E-state index contributed by atoms with van der Waals surface area (Å²) in [7, 11) is 2.46. The maximum atomic E-state index is 12.8. The Kier molecular flexibility index (Phi) is 10.9. The zero-order valence-corrected chi connectivity index (χ0v) is 24.8. The fourth-order valence-electron chi connectivity index (χ4n) is 3.64. The maximum Gasteiger partial charge on any atom is 0.247 e. The summed E-state index contributed by atoms with van der Waals surface area (Å²) in [5, 5.41) is 9.99. The van der Waals surface area contributed by atoms with E-state index in [1.165, 1.54) is 13.3 Å². The number of ether oxygens (including phenoxy) is 3. The predicted octanol–water partition coefficient (Wildman–Crippen LogP) is 4.91. The summed E-state index contributed by atoms with van der Waals surface area (Å²) in [5.41, 5.74) is 1.49. The molecule has 0 aliphatic heterocycles. The first kappa shape index (κ1) is 30.9. The Hall–Kier alpha value is -3.63. The molecule has 13 heteroatoms. The van der Waals surface area contributed by atoms with Crippen LogP contribution in [0.1, 0.15) is 0 Å². The second kappa shape index (κ2) is 14.1. The molecule has 0 unspecified atom stereocenters. The number of methoxy groups -OCH3 is 2. The summed E-state index contributed by atoms with van der Waals surface area (Å²) < 4.78 is 29.4. The van der Waals surface area contributed by atoms with Crippen LogP contribution in [0.4, 0.5) is 28.8 Å². The average molecular weight is 589 g/mol. The third kappa shape index (κ3) is 8.43. The van der Waals surface area contributed by atoms with Gasteiger partial charge in [0, 0.05) is 25.0 Å². The fraction of sp³-hybridized carbons (Fsp3) is 0.296. The van der Waals surface area contributed by atoms with E-state index in [0.29, 0.717) is 59.6 Å². The predicted molar refractivity (Wildman–Crippen MR) is 161 cm³/mol. The molecule has 0 aliphatic carbocycles. The number of carbonyl (C=O) groups is 1. The van der Waals surface area contributed by atoms with Gasteiger partial charge >= 0.3 is 0 Å². The Morgan fingerprint density at radius 2 is 1.88 bits per heavy atom. The third-order valence-electron chi connectivity index (χ3n) is 5.55. The molecule has 0 radical (unpaired) electrons. The van der Waals surface area contributed by atoms with Crippen LogP contribution in [0, 0.1) is 0 Å². The van der Waals surface area contributed by atoms with E-state index in [1.807, 2.05) is 30.1 Å². The van der Waals surface area contributed by atoms with E-state index in [-0.39, 0.29) is 11.0 Å². The highest BCUT2D eigenvalue weighted by molar-refractivity contribution is 7.70.